The molecule has 4 heteroatoms. The Morgan fingerprint density at radius 2 is 2.08 bits per heavy atom. The van der Waals surface area contributed by atoms with Crippen LogP contribution >= 0.6 is 0 Å². The predicted molar refractivity (Wildman–Crippen MR) is 95.8 cm³/mol. The molecule has 3 rings (SSSR count). The van der Waals surface area contributed by atoms with Gasteiger partial charge >= 0.3 is 11.9 Å². The molecule has 0 spiro atoms. The Bertz CT molecular complexity index is 644. The first-order valence-electron chi connectivity index (χ1n) is 9.49. The van der Waals surface area contributed by atoms with Crippen molar-refractivity contribution in [2.24, 2.45) is 16.7 Å². The maximum absolute atomic E-state index is 12.5. The van der Waals surface area contributed by atoms with Crippen LogP contribution in [0.3, 0.4) is 0 Å². The van der Waals surface area contributed by atoms with Crippen LogP contribution in [-0.4, -0.2) is 25.7 Å². The molecule has 0 unspecified atom stereocenters. The first kappa shape index (κ1) is 18.2. The number of esters is 2. The van der Waals surface area contributed by atoms with E-state index in [2.05, 4.69) is 20.8 Å². The van der Waals surface area contributed by atoms with Crippen LogP contribution in [0.25, 0.3) is 0 Å². The minimum Gasteiger partial charge on any atom is -0.468 e. The van der Waals surface area contributed by atoms with Crippen molar-refractivity contribution < 1.29 is 19.1 Å². The molecular formula is C21H30O4. The first-order valence-corrected chi connectivity index (χ1v) is 9.49. The Morgan fingerprint density at radius 3 is 2.72 bits per heavy atom. The molecule has 0 fully saturated rings. The molecule has 0 aromatic carbocycles. The highest BCUT2D eigenvalue weighted by atomic mass is 16.5. The van der Waals surface area contributed by atoms with Crippen LogP contribution in [0.5, 0.6) is 0 Å². The summed E-state index contributed by atoms with van der Waals surface area (Å²) in [5, 5.41) is 0. The van der Waals surface area contributed by atoms with Crippen LogP contribution in [0.4, 0.5) is 0 Å². The second-order valence-corrected chi connectivity index (χ2v) is 8.40. The van der Waals surface area contributed by atoms with Crippen molar-refractivity contribution in [3.8, 4) is 0 Å². The minimum atomic E-state index is -0.463. The van der Waals surface area contributed by atoms with Crippen LogP contribution in [-0.2, 0) is 19.1 Å². The van der Waals surface area contributed by atoms with Crippen molar-refractivity contribution >= 4 is 11.9 Å². The Labute approximate surface area is 150 Å². The van der Waals surface area contributed by atoms with Crippen LogP contribution in [0, 0.1) is 16.7 Å². The van der Waals surface area contributed by atoms with Crippen molar-refractivity contribution in [3.63, 3.8) is 0 Å². The van der Waals surface area contributed by atoms with Gasteiger partial charge < -0.3 is 9.47 Å². The van der Waals surface area contributed by atoms with E-state index in [-0.39, 0.29) is 17.4 Å². The first-order chi connectivity index (χ1) is 11.8. The number of carbonyl (C=O) groups is 2. The van der Waals surface area contributed by atoms with Gasteiger partial charge in [0.2, 0.25) is 0 Å². The number of ether oxygens (including phenoxy) is 2. The SMILES string of the molecule is COC(=O)[C@@]1(C)CCCC2=C1CC[C@@H](C)[C@]2(C)CCC1=CC(=O)OC1. The summed E-state index contributed by atoms with van der Waals surface area (Å²) in [5.41, 5.74) is 3.53. The fraction of sp³-hybridized carbons (Fsp3) is 0.714. The normalized spacial score (nSPS) is 35.1. The minimum absolute atomic E-state index is 0.0791. The van der Waals surface area contributed by atoms with Gasteiger partial charge in [0.1, 0.15) is 6.61 Å². The molecule has 0 N–H and O–H groups in total. The smallest absolute Gasteiger partial charge is 0.331 e. The Morgan fingerprint density at radius 1 is 1.32 bits per heavy atom. The molecule has 3 aliphatic rings. The Kier molecular flexibility index (Phi) is 4.82. The van der Waals surface area contributed by atoms with Crippen molar-refractivity contribution in [2.45, 2.75) is 65.7 Å². The largest absolute Gasteiger partial charge is 0.468 e. The van der Waals surface area contributed by atoms with Gasteiger partial charge in [-0.3, -0.25) is 4.79 Å². The third kappa shape index (κ3) is 3.04. The Hall–Kier alpha value is -1.58. The lowest BCUT2D eigenvalue weighted by molar-refractivity contribution is -0.150. The van der Waals surface area contributed by atoms with Gasteiger partial charge in [-0.05, 0) is 68.8 Å². The molecule has 3 atom stereocenters. The molecule has 0 radical (unpaired) electrons. The van der Waals surface area contributed by atoms with E-state index >= 15 is 0 Å². The second kappa shape index (κ2) is 6.62. The van der Waals surface area contributed by atoms with Crippen LogP contribution < -0.4 is 0 Å². The van der Waals surface area contributed by atoms with E-state index < -0.39 is 5.41 Å². The van der Waals surface area contributed by atoms with Gasteiger partial charge in [-0.15, -0.1) is 0 Å². The standard InChI is InChI=1S/C21H30O4/c1-14-7-8-17-16(6-5-10-21(17,3)19(23)24-4)20(14,2)11-9-15-12-18(22)25-13-15/h12,14H,5-11,13H2,1-4H3/t14-,20+,21+/m1/s1. The highest BCUT2D eigenvalue weighted by Gasteiger charge is 2.49. The molecule has 138 valence electrons. The third-order valence-corrected chi connectivity index (χ3v) is 7.06. The number of rotatable bonds is 4. The van der Waals surface area contributed by atoms with Gasteiger partial charge in [0, 0.05) is 6.08 Å². The maximum atomic E-state index is 12.5. The zero-order valence-corrected chi connectivity index (χ0v) is 15.9. The quantitative estimate of drug-likeness (QED) is 0.561. The summed E-state index contributed by atoms with van der Waals surface area (Å²) in [6, 6.07) is 0. The molecule has 4 nitrogen and oxygen atoms in total. The van der Waals surface area contributed by atoms with E-state index in [0.29, 0.717) is 12.5 Å². The number of methoxy groups -OCH3 is 1. The molecule has 1 heterocycles. The monoisotopic (exact) mass is 346 g/mol. The fourth-order valence-corrected chi connectivity index (χ4v) is 5.11. The molecule has 0 aromatic rings. The lowest BCUT2D eigenvalue weighted by Gasteiger charge is -2.49. The average molecular weight is 346 g/mol. The molecule has 2 aliphatic carbocycles. The molecule has 0 aromatic heterocycles. The number of allylic oxidation sites excluding steroid dienone is 1. The summed E-state index contributed by atoms with van der Waals surface area (Å²) in [7, 11) is 1.50. The topological polar surface area (TPSA) is 52.6 Å². The van der Waals surface area contributed by atoms with E-state index in [1.807, 2.05) is 0 Å². The van der Waals surface area contributed by atoms with E-state index in [1.165, 1.54) is 18.3 Å². The second-order valence-electron chi connectivity index (χ2n) is 8.40. The van der Waals surface area contributed by atoms with Crippen molar-refractivity contribution in [3.05, 3.63) is 22.8 Å². The Balaban J connectivity index is 1.91. The zero-order chi connectivity index (χ0) is 18.2. The third-order valence-electron chi connectivity index (χ3n) is 7.06. The van der Waals surface area contributed by atoms with E-state index in [4.69, 9.17) is 9.47 Å². The zero-order valence-electron chi connectivity index (χ0n) is 15.9. The van der Waals surface area contributed by atoms with Crippen molar-refractivity contribution in [1.29, 1.82) is 0 Å². The summed E-state index contributed by atoms with van der Waals surface area (Å²) >= 11 is 0. The van der Waals surface area contributed by atoms with Gasteiger partial charge in [-0.2, -0.15) is 0 Å². The number of carbonyl (C=O) groups excluding carboxylic acids is 2. The average Bonchev–Trinajstić information content (AvgIpc) is 3.02. The molecule has 1 aliphatic heterocycles. The number of hydrogen-bond acceptors (Lipinski definition) is 4. The summed E-state index contributed by atoms with van der Waals surface area (Å²) < 4.78 is 10.2. The summed E-state index contributed by atoms with van der Waals surface area (Å²) in [4.78, 5) is 23.8. The van der Waals surface area contributed by atoms with Gasteiger partial charge in [-0.1, -0.05) is 25.0 Å². The molecule has 25 heavy (non-hydrogen) atoms. The van der Waals surface area contributed by atoms with Crippen LogP contribution in [0.15, 0.2) is 22.8 Å². The van der Waals surface area contributed by atoms with Gasteiger partial charge in [0.25, 0.3) is 0 Å². The van der Waals surface area contributed by atoms with Crippen LogP contribution in [0.1, 0.15) is 65.7 Å². The summed E-state index contributed by atoms with van der Waals surface area (Å²) in [6.07, 6.45) is 8.65. The summed E-state index contributed by atoms with van der Waals surface area (Å²) in [5.74, 6) is 0.270. The van der Waals surface area contributed by atoms with Gasteiger partial charge in [-0.25, -0.2) is 4.79 Å². The van der Waals surface area contributed by atoms with Gasteiger partial charge in [0.15, 0.2) is 0 Å². The summed E-state index contributed by atoms with van der Waals surface area (Å²) in [6.45, 7) is 7.19. The molecule has 0 saturated carbocycles. The van der Waals surface area contributed by atoms with E-state index in [9.17, 15) is 9.59 Å². The highest BCUT2D eigenvalue weighted by molar-refractivity contribution is 5.85. The molecule has 0 saturated heterocycles. The van der Waals surface area contributed by atoms with E-state index in [0.717, 1.165) is 50.5 Å². The molecule has 0 amide bonds. The fourth-order valence-electron chi connectivity index (χ4n) is 5.11. The van der Waals surface area contributed by atoms with Gasteiger partial charge in [0.05, 0.1) is 12.5 Å². The predicted octanol–water partition coefficient (Wildman–Crippen LogP) is 4.35. The van der Waals surface area contributed by atoms with Crippen molar-refractivity contribution in [1.82, 2.24) is 0 Å². The lowest BCUT2D eigenvalue weighted by Crippen LogP contribution is -2.42. The maximum Gasteiger partial charge on any atom is 0.331 e. The lowest BCUT2D eigenvalue weighted by atomic mass is 9.55. The van der Waals surface area contributed by atoms with E-state index in [1.54, 1.807) is 6.08 Å². The highest BCUT2D eigenvalue weighted by Crippen LogP contribution is 2.57. The van der Waals surface area contributed by atoms with Crippen molar-refractivity contribution in [2.75, 3.05) is 13.7 Å². The van der Waals surface area contributed by atoms with Crippen LogP contribution in [0.2, 0.25) is 0 Å². The molecular weight excluding hydrogens is 316 g/mol. The molecule has 0 bridgehead atoms. The number of hydrogen-bond donors (Lipinski definition) is 0. The number of cyclic esters (lactones) is 1.